The van der Waals surface area contributed by atoms with Crippen molar-refractivity contribution in [1.29, 1.82) is 0 Å². The molecule has 184 valence electrons. The number of nitrogens with zero attached hydrogens (tertiary/aromatic N) is 4. The van der Waals surface area contributed by atoms with Crippen molar-refractivity contribution in [3.8, 4) is 0 Å². The molecule has 3 atom stereocenters. The van der Waals surface area contributed by atoms with Crippen molar-refractivity contribution in [3.05, 3.63) is 62.8 Å². The molecule has 0 spiro atoms. The number of carboxylic acids is 1. The van der Waals surface area contributed by atoms with Gasteiger partial charge in [-0.15, -0.1) is 0 Å². The van der Waals surface area contributed by atoms with E-state index in [1.807, 2.05) is 4.90 Å². The van der Waals surface area contributed by atoms with E-state index in [4.69, 9.17) is 11.6 Å². The first-order valence-corrected chi connectivity index (χ1v) is 11.4. The summed E-state index contributed by atoms with van der Waals surface area (Å²) in [6, 6.07) is 4.10. The van der Waals surface area contributed by atoms with Crippen LogP contribution in [0.5, 0.6) is 0 Å². The van der Waals surface area contributed by atoms with Crippen LogP contribution < -0.4 is 15.8 Å². The largest absolute Gasteiger partial charge is 0.476 e. The normalized spacial score (nSPS) is 20.4. The molecular weight excluding hydrogens is 487 g/mol. The molecule has 1 aliphatic carbocycles. The van der Waals surface area contributed by atoms with E-state index in [1.54, 1.807) is 6.92 Å². The highest BCUT2D eigenvalue weighted by Gasteiger charge is 2.42. The van der Waals surface area contributed by atoms with Gasteiger partial charge in [0.05, 0.1) is 17.3 Å². The zero-order valence-electron chi connectivity index (χ0n) is 18.5. The monoisotopic (exact) mass is 507 g/mol. The number of carboxylic acid groups (broad SMARTS) is 1. The lowest BCUT2D eigenvalue weighted by Gasteiger charge is -2.28. The van der Waals surface area contributed by atoms with Gasteiger partial charge in [0.25, 0.3) is 5.56 Å². The number of aromatic carboxylic acids is 1. The van der Waals surface area contributed by atoms with Crippen molar-refractivity contribution in [1.82, 2.24) is 14.4 Å². The molecule has 35 heavy (non-hydrogen) atoms. The lowest BCUT2D eigenvalue weighted by atomic mass is 10.1. The van der Waals surface area contributed by atoms with E-state index in [0.29, 0.717) is 17.7 Å². The van der Waals surface area contributed by atoms with Crippen molar-refractivity contribution in [3.63, 3.8) is 0 Å². The SMILES string of the molecule is C[C@@H](Nc1ccc(Cl)nc1C(=O)O)c1cc(C(F)(F)F)cn2c(=O)cc(N3CCC4CC4C3)nc12. The molecule has 2 N–H and O–H groups in total. The summed E-state index contributed by atoms with van der Waals surface area (Å²) < 4.78 is 41.9. The summed E-state index contributed by atoms with van der Waals surface area (Å²) in [5, 5.41) is 12.3. The van der Waals surface area contributed by atoms with Gasteiger partial charge in [-0.3, -0.25) is 9.20 Å². The van der Waals surface area contributed by atoms with Crippen LogP contribution in [0.1, 0.15) is 47.4 Å². The molecular formula is C23H21ClF3N5O3. The molecule has 1 saturated heterocycles. The summed E-state index contributed by atoms with van der Waals surface area (Å²) in [6.07, 6.45) is -1.83. The number of piperidine rings is 1. The number of carbonyl (C=O) groups is 1. The minimum Gasteiger partial charge on any atom is -0.476 e. The van der Waals surface area contributed by atoms with E-state index >= 15 is 0 Å². The van der Waals surface area contributed by atoms with Crippen molar-refractivity contribution in [2.75, 3.05) is 23.3 Å². The van der Waals surface area contributed by atoms with Gasteiger partial charge in [0.1, 0.15) is 16.6 Å². The number of aromatic nitrogens is 3. The Bertz CT molecular complexity index is 1390. The van der Waals surface area contributed by atoms with Crippen LogP contribution in [0, 0.1) is 11.8 Å². The first-order valence-electron chi connectivity index (χ1n) is 11.1. The Morgan fingerprint density at radius 3 is 2.71 bits per heavy atom. The van der Waals surface area contributed by atoms with Gasteiger partial charge in [-0.1, -0.05) is 11.6 Å². The van der Waals surface area contributed by atoms with Crippen molar-refractivity contribution in [2.24, 2.45) is 11.8 Å². The van der Waals surface area contributed by atoms with Crippen LogP contribution in [0.4, 0.5) is 24.7 Å². The molecule has 5 rings (SSSR count). The van der Waals surface area contributed by atoms with Gasteiger partial charge < -0.3 is 15.3 Å². The minimum atomic E-state index is -4.71. The Kier molecular flexibility index (Phi) is 5.62. The fraction of sp³-hybridized carbons (Fsp3) is 0.391. The van der Waals surface area contributed by atoms with Crippen molar-refractivity contribution in [2.45, 2.75) is 32.0 Å². The molecule has 2 aliphatic rings. The quantitative estimate of drug-likeness (QED) is 0.491. The highest BCUT2D eigenvalue weighted by atomic mass is 35.5. The summed E-state index contributed by atoms with van der Waals surface area (Å²) in [7, 11) is 0. The topological polar surface area (TPSA) is 99.8 Å². The number of nitrogens with one attached hydrogen (secondary N) is 1. The summed E-state index contributed by atoms with van der Waals surface area (Å²) in [5.41, 5.74) is -1.79. The number of alkyl halides is 3. The number of hydrogen-bond donors (Lipinski definition) is 2. The van der Waals surface area contributed by atoms with Crippen LogP contribution in [0.2, 0.25) is 5.15 Å². The predicted molar refractivity (Wildman–Crippen MR) is 123 cm³/mol. The first-order chi connectivity index (χ1) is 16.5. The van der Waals surface area contributed by atoms with E-state index in [1.165, 1.54) is 18.2 Å². The summed E-state index contributed by atoms with van der Waals surface area (Å²) >= 11 is 5.81. The van der Waals surface area contributed by atoms with Crippen LogP contribution in [0.3, 0.4) is 0 Å². The molecule has 3 aromatic heterocycles. The summed E-state index contributed by atoms with van der Waals surface area (Å²) in [6.45, 7) is 3.05. The second-order valence-electron chi connectivity index (χ2n) is 9.02. The maximum absolute atomic E-state index is 13.7. The zero-order chi connectivity index (χ0) is 25.1. The number of fused-ring (bicyclic) bond motifs is 2. The third-order valence-electron chi connectivity index (χ3n) is 6.62. The number of pyridine rings is 2. The highest BCUT2D eigenvalue weighted by molar-refractivity contribution is 6.29. The average molecular weight is 508 g/mol. The molecule has 0 bridgehead atoms. The predicted octanol–water partition coefficient (Wildman–Crippen LogP) is 4.48. The maximum Gasteiger partial charge on any atom is 0.417 e. The fourth-order valence-corrected chi connectivity index (χ4v) is 4.82. The Balaban J connectivity index is 1.62. The zero-order valence-corrected chi connectivity index (χ0v) is 19.3. The Morgan fingerprint density at radius 1 is 1.26 bits per heavy atom. The molecule has 2 unspecified atom stereocenters. The standard InChI is InChI=1S/C23H21ClF3N5O3/c1-11(28-16-2-3-17(24)29-20(16)22(34)35)15-7-14(23(25,26)27)10-32-19(33)8-18(30-21(15)32)31-5-4-12-6-13(12)9-31/h2-3,7-8,10-13,28H,4-6,9H2,1H3,(H,34,35)/t11-,12?,13?/m1/s1. The third-order valence-corrected chi connectivity index (χ3v) is 6.83. The van der Waals surface area contributed by atoms with Gasteiger partial charge >= 0.3 is 12.1 Å². The lowest BCUT2D eigenvalue weighted by molar-refractivity contribution is -0.137. The van der Waals surface area contributed by atoms with Crippen LogP contribution in [-0.2, 0) is 6.18 Å². The first kappa shape index (κ1) is 23.4. The highest BCUT2D eigenvalue weighted by Crippen LogP contribution is 2.45. The maximum atomic E-state index is 13.7. The van der Waals surface area contributed by atoms with E-state index in [9.17, 15) is 27.9 Å². The van der Waals surface area contributed by atoms with Gasteiger partial charge in [0, 0.05) is 30.9 Å². The molecule has 4 heterocycles. The molecule has 1 saturated carbocycles. The molecule has 2 fully saturated rings. The van der Waals surface area contributed by atoms with E-state index in [0.717, 1.165) is 42.6 Å². The van der Waals surface area contributed by atoms with Crippen LogP contribution in [-0.4, -0.2) is 38.5 Å². The molecule has 12 heteroatoms. The Labute approximate surface area is 202 Å². The second kappa shape index (κ2) is 8.40. The van der Waals surface area contributed by atoms with Gasteiger partial charge in [-0.2, -0.15) is 13.2 Å². The van der Waals surface area contributed by atoms with Crippen LogP contribution in [0.15, 0.2) is 35.3 Å². The number of anilines is 2. The van der Waals surface area contributed by atoms with Crippen molar-refractivity contribution < 1.29 is 23.1 Å². The smallest absolute Gasteiger partial charge is 0.417 e. The number of rotatable bonds is 5. The Morgan fingerprint density at radius 2 is 2.03 bits per heavy atom. The molecule has 0 amide bonds. The second-order valence-corrected chi connectivity index (χ2v) is 9.41. The molecule has 8 nitrogen and oxygen atoms in total. The molecule has 1 aliphatic heterocycles. The minimum absolute atomic E-state index is 0.0394. The van der Waals surface area contributed by atoms with Gasteiger partial charge in [0.15, 0.2) is 5.69 Å². The van der Waals surface area contributed by atoms with E-state index in [2.05, 4.69) is 15.3 Å². The lowest BCUT2D eigenvalue weighted by Crippen LogP contribution is -2.33. The van der Waals surface area contributed by atoms with Crippen LogP contribution >= 0.6 is 11.6 Å². The number of hydrogen-bond acceptors (Lipinski definition) is 6. The third kappa shape index (κ3) is 4.52. The summed E-state index contributed by atoms with van der Waals surface area (Å²) in [5.74, 6) is 0.339. The molecule has 3 aromatic rings. The fourth-order valence-electron chi connectivity index (χ4n) is 4.67. The average Bonchev–Trinajstić information content (AvgIpc) is 3.57. The van der Waals surface area contributed by atoms with E-state index in [-0.39, 0.29) is 27.7 Å². The Hall–Kier alpha value is -3.34. The van der Waals surface area contributed by atoms with Gasteiger partial charge in [-0.25, -0.2) is 14.8 Å². The van der Waals surface area contributed by atoms with E-state index < -0.39 is 29.3 Å². The van der Waals surface area contributed by atoms with Gasteiger partial charge in [0.2, 0.25) is 0 Å². The molecule has 0 aromatic carbocycles. The summed E-state index contributed by atoms with van der Waals surface area (Å²) in [4.78, 5) is 34.9. The van der Waals surface area contributed by atoms with Gasteiger partial charge in [-0.05, 0) is 49.8 Å². The van der Waals surface area contributed by atoms with Crippen LogP contribution in [0.25, 0.3) is 5.65 Å². The molecule has 0 radical (unpaired) electrons. The number of halogens is 4. The van der Waals surface area contributed by atoms with Crippen molar-refractivity contribution >= 4 is 34.7 Å².